The zero-order valence-corrected chi connectivity index (χ0v) is 22.0. The molecule has 2 amide bonds. The smallest absolute Gasteiger partial charge is 0.343 e. The number of alkyl halides is 3. The lowest BCUT2D eigenvalue weighted by molar-refractivity contribution is -0.136. The van der Waals surface area contributed by atoms with E-state index in [0.29, 0.717) is 18.5 Å². The van der Waals surface area contributed by atoms with E-state index in [0.717, 1.165) is 51.7 Å². The molecule has 0 bridgehead atoms. The molecule has 0 radical (unpaired) electrons. The van der Waals surface area contributed by atoms with Crippen molar-refractivity contribution in [1.29, 1.82) is 0 Å². The largest absolute Gasteiger partial charge is 0.389 e. The van der Waals surface area contributed by atoms with Gasteiger partial charge in [0.2, 0.25) is 12.3 Å². The van der Waals surface area contributed by atoms with Crippen LogP contribution in [0.4, 0.5) is 13.2 Å². The van der Waals surface area contributed by atoms with Gasteiger partial charge in [0.1, 0.15) is 0 Å². The predicted octanol–water partition coefficient (Wildman–Crippen LogP) is 5.90. The molecule has 4 rings (SSSR count). The Bertz CT molecular complexity index is 723. The predicted molar refractivity (Wildman–Crippen MR) is 137 cm³/mol. The van der Waals surface area contributed by atoms with Gasteiger partial charge in [-0.1, -0.05) is 36.4 Å². The number of carbonyl (C=O) groups excluding carboxylic acids is 2. The number of amides is 2. The van der Waals surface area contributed by atoms with Crippen molar-refractivity contribution in [2.24, 2.45) is 0 Å². The Labute approximate surface area is 215 Å². The van der Waals surface area contributed by atoms with Gasteiger partial charge in [-0.3, -0.25) is 9.59 Å². The van der Waals surface area contributed by atoms with Crippen LogP contribution in [0.3, 0.4) is 0 Å². The molecule has 2 heterocycles. The van der Waals surface area contributed by atoms with Crippen LogP contribution in [0, 0.1) is 0 Å². The van der Waals surface area contributed by atoms with Gasteiger partial charge in [0.05, 0.1) is 0 Å². The SMILES string of the molecule is CC(CCCC(=O)N1CCCC1)N(C)CCCC(F)(F)F.O=CN1CCCC12CC2.c1ccccc1. The summed E-state index contributed by atoms with van der Waals surface area (Å²) in [6, 6.07) is 12.2. The van der Waals surface area contributed by atoms with Crippen LogP contribution in [0.2, 0.25) is 0 Å². The lowest BCUT2D eigenvalue weighted by Gasteiger charge is -2.25. The molecule has 1 unspecified atom stereocenters. The maximum atomic E-state index is 12.1. The van der Waals surface area contributed by atoms with Gasteiger partial charge in [0.15, 0.2) is 0 Å². The first-order chi connectivity index (χ1) is 17.2. The van der Waals surface area contributed by atoms with E-state index in [1.807, 2.05) is 65.1 Å². The Balaban J connectivity index is 0.000000243. The average molecular weight is 512 g/mol. The number of rotatable bonds is 9. The highest BCUT2D eigenvalue weighted by Crippen LogP contribution is 2.48. The van der Waals surface area contributed by atoms with Crippen LogP contribution in [0.5, 0.6) is 0 Å². The molecule has 3 aliphatic rings. The van der Waals surface area contributed by atoms with E-state index in [1.165, 1.54) is 25.7 Å². The van der Waals surface area contributed by atoms with Gasteiger partial charge >= 0.3 is 6.18 Å². The molecule has 1 aromatic rings. The molecule has 1 spiro atoms. The lowest BCUT2D eigenvalue weighted by Crippen LogP contribution is -2.31. The second-order valence-electron chi connectivity index (χ2n) is 10.3. The van der Waals surface area contributed by atoms with Crippen molar-refractivity contribution in [3.05, 3.63) is 36.4 Å². The standard InChI is InChI=1S/C15H27F3N2O.C7H11NO.C6H6/c1-13(19(2)10-6-9-15(16,17)18)7-5-8-14(21)20-11-3-4-12-20;9-6-8-5-1-2-7(8)3-4-7;1-2-4-6-5-3-1/h13H,3-12H2,1-2H3;6H,1-5H2;1-6H. The van der Waals surface area contributed by atoms with Crippen molar-refractivity contribution in [3.63, 3.8) is 0 Å². The van der Waals surface area contributed by atoms with Crippen LogP contribution in [0.25, 0.3) is 0 Å². The summed E-state index contributed by atoms with van der Waals surface area (Å²) in [7, 11) is 1.85. The van der Waals surface area contributed by atoms with Gasteiger partial charge in [0, 0.05) is 44.1 Å². The van der Waals surface area contributed by atoms with Crippen molar-refractivity contribution in [2.45, 2.75) is 95.3 Å². The number of hydrogen-bond acceptors (Lipinski definition) is 3. The van der Waals surface area contributed by atoms with Crippen molar-refractivity contribution < 1.29 is 22.8 Å². The number of likely N-dealkylation sites (tertiary alicyclic amines) is 2. The zero-order chi connectivity index (χ0) is 26.4. The van der Waals surface area contributed by atoms with Gasteiger partial charge in [-0.15, -0.1) is 0 Å². The van der Waals surface area contributed by atoms with Gasteiger partial charge in [-0.2, -0.15) is 13.2 Å². The molecule has 5 nitrogen and oxygen atoms in total. The number of benzene rings is 1. The van der Waals surface area contributed by atoms with Crippen molar-refractivity contribution >= 4 is 12.3 Å². The summed E-state index contributed by atoms with van der Waals surface area (Å²) in [5, 5.41) is 0. The third-order valence-electron chi connectivity index (χ3n) is 7.47. The fourth-order valence-corrected chi connectivity index (χ4v) is 4.83. The van der Waals surface area contributed by atoms with E-state index in [1.54, 1.807) is 0 Å². The summed E-state index contributed by atoms with van der Waals surface area (Å²) >= 11 is 0. The fraction of sp³-hybridized carbons (Fsp3) is 0.714. The molecule has 2 saturated heterocycles. The molecule has 1 saturated carbocycles. The number of halogens is 3. The van der Waals surface area contributed by atoms with Crippen LogP contribution in [0.15, 0.2) is 36.4 Å². The Morgan fingerprint density at radius 3 is 2.03 bits per heavy atom. The highest BCUT2D eigenvalue weighted by molar-refractivity contribution is 5.76. The summed E-state index contributed by atoms with van der Waals surface area (Å²) < 4.78 is 36.3. The quantitative estimate of drug-likeness (QED) is 0.388. The second-order valence-corrected chi connectivity index (χ2v) is 10.3. The van der Waals surface area contributed by atoms with Crippen LogP contribution in [0.1, 0.15) is 77.6 Å². The van der Waals surface area contributed by atoms with E-state index < -0.39 is 12.6 Å². The summed E-state index contributed by atoms with van der Waals surface area (Å²) in [6.07, 6.45) is 5.76. The molecule has 0 aromatic heterocycles. The van der Waals surface area contributed by atoms with Crippen LogP contribution in [-0.4, -0.2) is 78.0 Å². The van der Waals surface area contributed by atoms with Crippen LogP contribution >= 0.6 is 0 Å². The first-order valence-electron chi connectivity index (χ1n) is 13.4. The summed E-state index contributed by atoms with van der Waals surface area (Å²) in [4.78, 5) is 28.1. The number of carbonyl (C=O) groups is 2. The summed E-state index contributed by atoms with van der Waals surface area (Å²) in [5.41, 5.74) is 0.377. The molecule has 36 heavy (non-hydrogen) atoms. The minimum atomic E-state index is -4.06. The lowest BCUT2D eigenvalue weighted by atomic mass is 10.1. The Kier molecular flexibility index (Phi) is 12.7. The number of nitrogens with zero attached hydrogens (tertiary/aromatic N) is 3. The van der Waals surface area contributed by atoms with E-state index in [4.69, 9.17) is 0 Å². The molecule has 2 aliphatic heterocycles. The summed E-state index contributed by atoms with van der Waals surface area (Å²) in [5.74, 6) is 0.222. The van der Waals surface area contributed by atoms with E-state index >= 15 is 0 Å². The third-order valence-corrected chi connectivity index (χ3v) is 7.47. The van der Waals surface area contributed by atoms with Crippen molar-refractivity contribution in [3.8, 4) is 0 Å². The Morgan fingerprint density at radius 2 is 1.56 bits per heavy atom. The Morgan fingerprint density at radius 1 is 0.972 bits per heavy atom. The normalized spacial score (nSPS) is 18.8. The van der Waals surface area contributed by atoms with Gasteiger partial charge < -0.3 is 14.7 Å². The topological polar surface area (TPSA) is 43.9 Å². The molecule has 1 aromatic carbocycles. The molecular formula is C28H44F3N3O2. The second kappa shape index (κ2) is 15.2. The molecular weight excluding hydrogens is 467 g/mol. The molecule has 8 heteroatoms. The van der Waals surface area contributed by atoms with E-state index in [-0.39, 0.29) is 18.4 Å². The molecule has 3 fully saturated rings. The highest BCUT2D eigenvalue weighted by atomic mass is 19.4. The van der Waals surface area contributed by atoms with Gasteiger partial charge in [-0.05, 0) is 78.3 Å². The van der Waals surface area contributed by atoms with Crippen LogP contribution in [-0.2, 0) is 9.59 Å². The minimum absolute atomic E-state index is 0.136. The molecule has 204 valence electrons. The maximum Gasteiger partial charge on any atom is 0.389 e. The molecule has 1 aliphatic carbocycles. The minimum Gasteiger partial charge on any atom is -0.343 e. The average Bonchev–Trinajstić information content (AvgIpc) is 3.24. The maximum absolute atomic E-state index is 12.1. The number of hydrogen-bond donors (Lipinski definition) is 0. The van der Waals surface area contributed by atoms with Crippen LogP contribution < -0.4 is 0 Å². The van der Waals surface area contributed by atoms with Crippen molar-refractivity contribution in [2.75, 3.05) is 33.2 Å². The first-order valence-corrected chi connectivity index (χ1v) is 13.4. The zero-order valence-electron chi connectivity index (χ0n) is 22.0. The van der Waals surface area contributed by atoms with Crippen molar-refractivity contribution in [1.82, 2.24) is 14.7 Å². The highest BCUT2D eigenvalue weighted by Gasteiger charge is 2.50. The molecule has 1 atom stereocenters. The van der Waals surface area contributed by atoms with E-state index in [9.17, 15) is 22.8 Å². The third kappa shape index (κ3) is 11.3. The van der Waals surface area contributed by atoms with Gasteiger partial charge in [-0.25, -0.2) is 0 Å². The Hall–Kier alpha value is -2.09. The van der Waals surface area contributed by atoms with Gasteiger partial charge in [0.25, 0.3) is 0 Å². The molecule has 0 N–H and O–H groups in total. The summed E-state index contributed by atoms with van der Waals surface area (Å²) in [6.45, 7) is 5.22. The van der Waals surface area contributed by atoms with E-state index in [2.05, 4.69) is 0 Å². The fourth-order valence-electron chi connectivity index (χ4n) is 4.83. The monoisotopic (exact) mass is 511 g/mol. The first kappa shape index (κ1) is 30.1.